The van der Waals surface area contributed by atoms with E-state index in [9.17, 15) is 0 Å². The summed E-state index contributed by atoms with van der Waals surface area (Å²) in [6.07, 6.45) is 3.39. The van der Waals surface area contributed by atoms with E-state index in [-0.39, 0.29) is 0 Å². The van der Waals surface area contributed by atoms with Crippen LogP contribution in [0, 0.1) is 6.92 Å². The van der Waals surface area contributed by atoms with E-state index in [0.29, 0.717) is 6.54 Å². The molecule has 0 spiro atoms. The van der Waals surface area contributed by atoms with Crippen molar-refractivity contribution < 1.29 is 0 Å². The van der Waals surface area contributed by atoms with Crippen LogP contribution in [-0.2, 0) is 6.54 Å². The Morgan fingerprint density at radius 2 is 1.85 bits per heavy atom. The third kappa shape index (κ3) is 3.33. The van der Waals surface area contributed by atoms with E-state index in [0.717, 1.165) is 22.5 Å². The molecule has 6 nitrogen and oxygen atoms in total. The highest BCUT2D eigenvalue weighted by molar-refractivity contribution is 5.87. The summed E-state index contributed by atoms with van der Waals surface area (Å²) in [5, 5.41) is 8.85. The van der Waals surface area contributed by atoms with Gasteiger partial charge in [0, 0.05) is 26.3 Å². The molecule has 2 aromatic carbocycles. The van der Waals surface area contributed by atoms with E-state index in [1.807, 2.05) is 41.2 Å². The van der Waals surface area contributed by atoms with Gasteiger partial charge in [0.1, 0.15) is 12.1 Å². The van der Waals surface area contributed by atoms with Crippen molar-refractivity contribution in [2.75, 3.05) is 24.3 Å². The fourth-order valence-corrected chi connectivity index (χ4v) is 3.08. The zero-order valence-electron chi connectivity index (χ0n) is 15.7. The van der Waals surface area contributed by atoms with Gasteiger partial charge in [0.15, 0.2) is 5.65 Å². The molecule has 0 bridgehead atoms. The molecule has 0 saturated heterocycles. The van der Waals surface area contributed by atoms with Gasteiger partial charge in [-0.25, -0.2) is 14.6 Å². The minimum Gasteiger partial charge on any atom is -0.378 e. The van der Waals surface area contributed by atoms with Gasteiger partial charge in [-0.2, -0.15) is 5.10 Å². The number of aryl methyl sites for hydroxylation is 1. The van der Waals surface area contributed by atoms with Gasteiger partial charge in [0.2, 0.25) is 0 Å². The van der Waals surface area contributed by atoms with Crippen molar-refractivity contribution in [3.8, 4) is 5.69 Å². The normalized spacial score (nSPS) is 10.9. The molecule has 2 heterocycles. The lowest BCUT2D eigenvalue weighted by atomic mass is 10.1. The first-order chi connectivity index (χ1) is 13.1. The van der Waals surface area contributed by atoms with Crippen LogP contribution in [0.15, 0.2) is 61.1 Å². The molecule has 2 aromatic heterocycles. The Morgan fingerprint density at radius 3 is 2.59 bits per heavy atom. The third-order valence-electron chi connectivity index (χ3n) is 4.66. The zero-order valence-corrected chi connectivity index (χ0v) is 15.7. The van der Waals surface area contributed by atoms with Gasteiger partial charge in [-0.1, -0.05) is 24.3 Å². The molecule has 0 fully saturated rings. The van der Waals surface area contributed by atoms with E-state index < -0.39 is 0 Å². The van der Waals surface area contributed by atoms with E-state index >= 15 is 0 Å². The summed E-state index contributed by atoms with van der Waals surface area (Å²) in [7, 11) is 4.10. The van der Waals surface area contributed by atoms with Gasteiger partial charge >= 0.3 is 0 Å². The van der Waals surface area contributed by atoms with E-state index in [2.05, 4.69) is 64.5 Å². The molecule has 4 rings (SSSR count). The first-order valence-corrected chi connectivity index (χ1v) is 8.88. The van der Waals surface area contributed by atoms with Crippen molar-refractivity contribution in [3.63, 3.8) is 0 Å². The Labute approximate surface area is 158 Å². The average Bonchev–Trinajstić information content (AvgIpc) is 3.12. The fourth-order valence-electron chi connectivity index (χ4n) is 3.08. The minimum atomic E-state index is 0.697. The smallest absolute Gasteiger partial charge is 0.168 e. The average molecular weight is 358 g/mol. The Hall–Kier alpha value is -3.41. The predicted octanol–water partition coefficient (Wildman–Crippen LogP) is 3.80. The van der Waals surface area contributed by atoms with Crippen LogP contribution < -0.4 is 10.2 Å². The van der Waals surface area contributed by atoms with Gasteiger partial charge in [-0.15, -0.1) is 0 Å². The van der Waals surface area contributed by atoms with Crippen LogP contribution in [-0.4, -0.2) is 33.8 Å². The highest BCUT2D eigenvalue weighted by Gasteiger charge is 2.11. The second kappa shape index (κ2) is 7.07. The number of nitrogens with one attached hydrogen (secondary N) is 1. The van der Waals surface area contributed by atoms with Gasteiger partial charge in [0.25, 0.3) is 0 Å². The van der Waals surface area contributed by atoms with E-state index in [4.69, 9.17) is 0 Å². The first-order valence-electron chi connectivity index (χ1n) is 8.88. The molecule has 0 amide bonds. The van der Waals surface area contributed by atoms with Crippen molar-refractivity contribution in [1.82, 2.24) is 19.7 Å². The molecule has 0 aliphatic rings. The number of anilines is 2. The van der Waals surface area contributed by atoms with E-state index in [1.165, 1.54) is 16.8 Å². The monoisotopic (exact) mass is 358 g/mol. The van der Waals surface area contributed by atoms with Crippen molar-refractivity contribution in [3.05, 3.63) is 72.2 Å². The van der Waals surface area contributed by atoms with Crippen LogP contribution in [0.1, 0.15) is 11.1 Å². The molecule has 0 aliphatic carbocycles. The van der Waals surface area contributed by atoms with Crippen molar-refractivity contribution in [2.45, 2.75) is 13.5 Å². The lowest BCUT2D eigenvalue weighted by Gasteiger charge is -2.15. The Bertz CT molecular complexity index is 1070. The maximum absolute atomic E-state index is 4.50. The number of nitrogens with zero attached hydrogens (tertiary/aromatic N) is 5. The summed E-state index contributed by atoms with van der Waals surface area (Å²) in [5.74, 6) is 0.790. The molecule has 0 radical (unpaired) electrons. The van der Waals surface area contributed by atoms with Crippen molar-refractivity contribution >= 4 is 22.5 Å². The van der Waals surface area contributed by atoms with Gasteiger partial charge in [-0.05, 0) is 42.3 Å². The molecule has 136 valence electrons. The van der Waals surface area contributed by atoms with Crippen LogP contribution in [0.5, 0.6) is 0 Å². The summed E-state index contributed by atoms with van der Waals surface area (Å²) in [4.78, 5) is 11.0. The van der Waals surface area contributed by atoms with Crippen LogP contribution in [0.3, 0.4) is 0 Å². The zero-order chi connectivity index (χ0) is 18.8. The van der Waals surface area contributed by atoms with Gasteiger partial charge in [0.05, 0.1) is 17.3 Å². The summed E-state index contributed by atoms with van der Waals surface area (Å²) < 4.78 is 1.83. The maximum atomic E-state index is 4.50. The van der Waals surface area contributed by atoms with Crippen LogP contribution in [0.4, 0.5) is 11.5 Å². The fraction of sp³-hybridized carbons (Fsp3) is 0.190. The lowest BCUT2D eigenvalue weighted by molar-refractivity contribution is 0.895. The van der Waals surface area contributed by atoms with Crippen molar-refractivity contribution in [2.24, 2.45) is 0 Å². The molecule has 6 heteroatoms. The van der Waals surface area contributed by atoms with E-state index in [1.54, 1.807) is 6.33 Å². The van der Waals surface area contributed by atoms with Gasteiger partial charge in [-0.3, -0.25) is 0 Å². The number of rotatable bonds is 5. The van der Waals surface area contributed by atoms with Crippen LogP contribution in [0.2, 0.25) is 0 Å². The van der Waals surface area contributed by atoms with Crippen LogP contribution >= 0.6 is 0 Å². The number of hydrogen-bond acceptors (Lipinski definition) is 5. The Morgan fingerprint density at radius 1 is 1.04 bits per heavy atom. The standard InChI is InChI=1S/C21H22N6/c1-15-11-18(26(2)3)10-9-16(15)12-22-20-19-13-25-27(21(19)24-14-23-20)17-7-5-4-6-8-17/h4-11,13-14H,12H2,1-3H3,(H,22,23,24). The quantitative estimate of drug-likeness (QED) is 0.588. The second-order valence-corrected chi connectivity index (χ2v) is 6.71. The molecule has 0 unspecified atom stereocenters. The molecular weight excluding hydrogens is 336 g/mol. The molecule has 0 atom stereocenters. The molecule has 4 aromatic rings. The van der Waals surface area contributed by atoms with Gasteiger partial charge < -0.3 is 10.2 Å². The molecule has 27 heavy (non-hydrogen) atoms. The summed E-state index contributed by atoms with van der Waals surface area (Å²) >= 11 is 0. The minimum absolute atomic E-state index is 0.697. The molecular formula is C21H22N6. The summed E-state index contributed by atoms with van der Waals surface area (Å²) in [6.45, 7) is 2.83. The number of aromatic nitrogens is 4. The summed E-state index contributed by atoms with van der Waals surface area (Å²) in [5.41, 5.74) is 5.46. The molecule has 0 saturated carbocycles. The highest BCUT2D eigenvalue weighted by Crippen LogP contribution is 2.23. The number of hydrogen-bond donors (Lipinski definition) is 1. The molecule has 1 N–H and O–H groups in total. The summed E-state index contributed by atoms with van der Waals surface area (Å²) in [6, 6.07) is 16.5. The lowest BCUT2D eigenvalue weighted by Crippen LogP contribution is -2.10. The van der Waals surface area contributed by atoms with Crippen molar-refractivity contribution in [1.29, 1.82) is 0 Å². The maximum Gasteiger partial charge on any atom is 0.168 e. The molecule has 0 aliphatic heterocycles. The Balaban J connectivity index is 1.61. The topological polar surface area (TPSA) is 58.9 Å². The Kier molecular flexibility index (Phi) is 4.46. The largest absolute Gasteiger partial charge is 0.378 e. The predicted molar refractivity (Wildman–Crippen MR) is 109 cm³/mol. The second-order valence-electron chi connectivity index (χ2n) is 6.71. The number of benzene rings is 2. The third-order valence-corrected chi connectivity index (χ3v) is 4.66. The highest BCUT2D eigenvalue weighted by atomic mass is 15.3. The van der Waals surface area contributed by atoms with Crippen LogP contribution in [0.25, 0.3) is 16.7 Å². The number of fused-ring (bicyclic) bond motifs is 1. The SMILES string of the molecule is Cc1cc(N(C)C)ccc1CNc1ncnc2c1cnn2-c1ccccc1. The first kappa shape index (κ1) is 17.0. The number of para-hydroxylation sites is 1.